The Kier molecular flexibility index (Phi) is 6.35. The lowest BCUT2D eigenvalue weighted by atomic mass is 9.54. The molecule has 2 aromatic heterocycles. The standard InChI is InChI=1S/C36H33N5/c1-23-16-26-17-24(2)20-36(19-23,21-26)31-14-13-30(28-10-3-4-11-29(28)31)34-39-33(27-9-7-8-25(18-27)22-37)40-35(41-34)32-12-5-6-15-38-32/h3-15,18,23-24,26H,16-17,19-21H2,1-2H3/t23-,24+,26?,36?. The van der Waals surface area contributed by atoms with Gasteiger partial charge in [-0.2, -0.15) is 5.26 Å². The van der Waals surface area contributed by atoms with Gasteiger partial charge in [0.1, 0.15) is 5.69 Å². The molecule has 5 heteroatoms. The summed E-state index contributed by atoms with van der Waals surface area (Å²) >= 11 is 0. The Hall–Kier alpha value is -4.43. The topological polar surface area (TPSA) is 75.3 Å². The van der Waals surface area contributed by atoms with Crippen molar-refractivity contribution < 1.29 is 0 Å². The second-order valence-electron chi connectivity index (χ2n) is 12.4. The highest BCUT2D eigenvalue weighted by Gasteiger charge is 2.45. The normalized spacial score (nSPS) is 23.7. The first-order chi connectivity index (χ1) is 20.0. The van der Waals surface area contributed by atoms with Crippen molar-refractivity contribution in [3.8, 4) is 40.4 Å². The SMILES string of the molecule is C[C@@H]1CC2C[C@H](C)CC(c3ccc(-c4nc(-c5cccc(C#N)c5)nc(-c5ccccn5)n4)c4ccccc34)(C2)C1. The molecule has 2 aliphatic rings. The first-order valence-corrected chi connectivity index (χ1v) is 14.7. The van der Waals surface area contributed by atoms with Crippen LogP contribution in [0.15, 0.2) is 85.1 Å². The van der Waals surface area contributed by atoms with E-state index in [1.165, 1.54) is 48.4 Å². The van der Waals surface area contributed by atoms with E-state index < -0.39 is 0 Å². The van der Waals surface area contributed by atoms with Crippen LogP contribution in [0.25, 0.3) is 45.1 Å². The lowest BCUT2D eigenvalue weighted by Gasteiger charge is -2.51. The zero-order valence-corrected chi connectivity index (χ0v) is 23.6. The number of pyridine rings is 1. The van der Waals surface area contributed by atoms with E-state index in [2.05, 4.69) is 61.3 Å². The Balaban J connectivity index is 1.42. The van der Waals surface area contributed by atoms with Gasteiger partial charge in [-0.1, -0.05) is 68.4 Å². The molecule has 2 aliphatic carbocycles. The molecule has 2 heterocycles. The summed E-state index contributed by atoms with van der Waals surface area (Å²) in [6.07, 6.45) is 8.28. The van der Waals surface area contributed by atoms with E-state index in [1.807, 2.05) is 36.4 Å². The third kappa shape index (κ3) is 4.68. The molecule has 0 saturated heterocycles. The summed E-state index contributed by atoms with van der Waals surface area (Å²) in [7, 11) is 0. The average molecular weight is 536 g/mol. The number of fused-ring (bicyclic) bond motifs is 3. The molecule has 7 rings (SSSR count). The molecule has 0 aliphatic heterocycles. The van der Waals surface area contributed by atoms with Crippen molar-refractivity contribution in [2.24, 2.45) is 17.8 Å². The van der Waals surface area contributed by atoms with Crippen LogP contribution in [0, 0.1) is 29.1 Å². The van der Waals surface area contributed by atoms with Crippen LogP contribution in [-0.2, 0) is 5.41 Å². The fraction of sp³-hybridized carbons (Fsp3) is 0.306. The molecule has 2 saturated carbocycles. The zero-order valence-electron chi connectivity index (χ0n) is 23.6. The zero-order chi connectivity index (χ0) is 28.0. The van der Waals surface area contributed by atoms with Gasteiger partial charge in [0.25, 0.3) is 0 Å². The van der Waals surface area contributed by atoms with E-state index in [1.54, 1.807) is 12.3 Å². The van der Waals surface area contributed by atoms with Gasteiger partial charge in [-0.15, -0.1) is 0 Å². The van der Waals surface area contributed by atoms with Gasteiger partial charge in [0.15, 0.2) is 17.5 Å². The van der Waals surface area contributed by atoms with Crippen LogP contribution in [0.3, 0.4) is 0 Å². The minimum absolute atomic E-state index is 0.221. The summed E-state index contributed by atoms with van der Waals surface area (Å²) in [6, 6.07) is 28.8. The van der Waals surface area contributed by atoms with E-state index in [-0.39, 0.29) is 5.41 Å². The lowest BCUT2D eigenvalue weighted by Crippen LogP contribution is -2.42. The Labute approximate surface area is 241 Å². The molecular formula is C36H33N5. The summed E-state index contributed by atoms with van der Waals surface area (Å²) in [5.41, 5.74) is 4.73. The number of aromatic nitrogens is 4. The highest BCUT2D eigenvalue weighted by Crippen LogP contribution is 2.55. The van der Waals surface area contributed by atoms with E-state index in [0.29, 0.717) is 28.7 Å². The molecule has 5 aromatic rings. The molecule has 2 fully saturated rings. The van der Waals surface area contributed by atoms with Crippen LogP contribution in [0.4, 0.5) is 0 Å². The molecule has 0 radical (unpaired) electrons. The predicted octanol–water partition coefficient (Wildman–Crippen LogP) is 8.40. The minimum Gasteiger partial charge on any atom is -0.253 e. The Bertz CT molecular complexity index is 1770. The molecule has 202 valence electrons. The Morgan fingerprint density at radius 1 is 0.732 bits per heavy atom. The monoisotopic (exact) mass is 535 g/mol. The van der Waals surface area contributed by atoms with Gasteiger partial charge >= 0.3 is 0 Å². The van der Waals surface area contributed by atoms with Crippen molar-refractivity contribution in [2.75, 3.05) is 0 Å². The number of nitrogens with zero attached hydrogens (tertiary/aromatic N) is 5. The van der Waals surface area contributed by atoms with Gasteiger partial charge in [0, 0.05) is 17.3 Å². The second kappa shape index (κ2) is 10.2. The van der Waals surface area contributed by atoms with E-state index in [0.717, 1.165) is 28.9 Å². The van der Waals surface area contributed by atoms with Crippen LogP contribution >= 0.6 is 0 Å². The summed E-state index contributed by atoms with van der Waals surface area (Å²) in [6.45, 7) is 4.89. The first kappa shape index (κ1) is 25.5. The molecule has 0 N–H and O–H groups in total. The van der Waals surface area contributed by atoms with Crippen LogP contribution < -0.4 is 0 Å². The third-order valence-electron chi connectivity index (χ3n) is 9.14. The summed E-state index contributed by atoms with van der Waals surface area (Å²) in [5.74, 6) is 3.98. The maximum absolute atomic E-state index is 9.51. The van der Waals surface area contributed by atoms with Crippen LogP contribution in [-0.4, -0.2) is 19.9 Å². The predicted molar refractivity (Wildman–Crippen MR) is 163 cm³/mol. The van der Waals surface area contributed by atoms with Crippen molar-refractivity contribution in [1.29, 1.82) is 5.26 Å². The van der Waals surface area contributed by atoms with Crippen LogP contribution in [0.5, 0.6) is 0 Å². The molecule has 4 atom stereocenters. The summed E-state index contributed by atoms with van der Waals surface area (Å²) < 4.78 is 0. The summed E-state index contributed by atoms with van der Waals surface area (Å²) in [5, 5.41) is 12.0. The fourth-order valence-electron chi connectivity index (χ4n) is 7.95. The smallest absolute Gasteiger partial charge is 0.182 e. The van der Waals surface area contributed by atoms with Gasteiger partial charge in [0.2, 0.25) is 0 Å². The molecule has 0 spiro atoms. The second-order valence-corrected chi connectivity index (χ2v) is 12.4. The largest absolute Gasteiger partial charge is 0.253 e. The van der Waals surface area contributed by atoms with Gasteiger partial charge in [-0.3, -0.25) is 4.98 Å². The molecule has 2 unspecified atom stereocenters. The van der Waals surface area contributed by atoms with Gasteiger partial charge in [-0.05, 0) is 95.9 Å². The van der Waals surface area contributed by atoms with E-state index in [4.69, 9.17) is 15.0 Å². The highest BCUT2D eigenvalue weighted by atomic mass is 15.0. The Morgan fingerprint density at radius 3 is 2.22 bits per heavy atom. The van der Waals surface area contributed by atoms with Crippen molar-refractivity contribution in [1.82, 2.24) is 19.9 Å². The number of nitriles is 1. The maximum Gasteiger partial charge on any atom is 0.182 e. The minimum atomic E-state index is 0.221. The average Bonchev–Trinajstić information content (AvgIpc) is 3.00. The molecule has 41 heavy (non-hydrogen) atoms. The van der Waals surface area contributed by atoms with E-state index >= 15 is 0 Å². The maximum atomic E-state index is 9.51. The lowest BCUT2D eigenvalue weighted by molar-refractivity contribution is 0.0790. The molecule has 2 bridgehead atoms. The molecule has 5 nitrogen and oxygen atoms in total. The van der Waals surface area contributed by atoms with Crippen molar-refractivity contribution >= 4 is 10.8 Å². The quantitative estimate of drug-likeness (QED) is 0.231. The number of hydrogen-bond acceptors (Lipinski definition) is 5. The van der Waals surface area contributed by atoms with Crippen LogP contribution in [0.1, 0.15) is 57.1 Å². The van der Waals surface area contributed by atoms with E-state index in [9.17, 15) is 5.26 Å². The number of benzene rings is 3. The molecule has 0 amide bonds. The highest BCUT2D eigenvalue weighted by molar-refractivity contribution is 5.98. The fourth-order valence-corrected chi connectivity index (χ4v) is 7.95. The van der Waals surface area contributed by atoms with Crippen molar-refractivity contribution in [2.45, 2.75) is 51.4 Å². The van der Waals surface area contributed by atoms with Gasteiger partial charge in [0.05, 0.1) is 11.6 Å². The summed E-state index contributed by atoms with van der Waals surface area (Å²) in [4.78, 5) is 19.3. The number of hydrogen-bond donors (Lipinski definition) is 0. The number of rotatable bonds is 4. The van der Waals surface area contributed by atoms with Gasteiger partial charge in [-0.25, -0.2) is 15.0 Å². The first-order valence-electron chi connectivity index (χ1n) is 14.7. The van der Waals surface area contributed by atoms with Crippen LogP contribution in [0.2, 0.25) is 0 Å². The molecular weight excluding hydrogens is 502 g/mol. The van der Waals surface area contributed by atoms with Crippen molar-refractivity contribution in [3.05, 3.63) is 96.2 Å². The third-order valence-corrected chi connectivity index (χ3v) is 9.14. The molecule has 3 aromatic carbocycles. The Morgan fingerprint density at radius 2 is 1.46 bits per heavy atom. The van der Waals surface area contributed by atoms with Gasteiger partial charge < -0.3 is 0 Å². The van der Waals surface area contributed by atoms with Crippen molar-refractivity contribution in [3.63, 3.8) is 0 Å².